The molecule has 0 N–H and O–H groups in total. The Hall–Kier alpha value is -3.14. The molecule has 0 radical (unpaired) electrons. The van der Waals surface area contributed by atoms with E-state index in [4.69, 9.17) is 9.47 Å². The molecule has 2 aromatic rings. The van der Waals surface area contributed by atoms with Crippen molar-refractivity contribution in [1.29, 1.82) is 0 Å². The van der Waals surface area contributed by atoms with E-state index in [9.17, 15) is 9.59 Å². The number of ether oxygens (including phenoxy) is 2. The highest BCUT2D eigenvalue weighted by atomic mass is 16.5. The molecule has 0 aromatic heterocycles. The summed E-state index contributed by atoms with van der Waals surface area (Å²) in [7, 11) is 0. The van der Waals surface area contributed by atoms with E-state index in [1.54, 1.807) is 12.1 Å². The van der Waals surface area contributed by atoms with Gasteiger partial charge in [0, 0.05) is 17.2 Å². The maximum absolute atomic E-state index is 11.9. The van der Waals surface area contributed by atoms with E-state index >= 15 is 0 Å². The fourth-order valence-corrected chi connectivity index (χ4v) is 1.91. The van der Waals surface area contributed by atoms with Crippen molar-refractivity contribution in [2.45, 2.75) is 13.5 Å². The Balaban J connectivity index is 1.88. The van der Waals surface area contributed by atoms with Gasteiger partial charge in [0.15, 0.2) is 0 Å². The van der Waals surface area contributed by atoms with Gasteiger partial charge in [0.2, 0.25) is 0 Å². The molecule has 0 aliphatic carbocycles. The molecule has 4 nitrogen and oxygen atoms in total. The zero-order valence-corrected chi connectivity index (χ0v) is 13.4. The smallest absolute Gasteiger partial charge is 0.336 e. The van der Waals surface area contributed by atoms with Gasteiger partial charge in [-0.25, -0.2) is 9.59 Å². The predicted molar refractivity (Wildman–Crippen MR) is 91.6 cm³/mol. The van der Waals surface area contributed by atoms with Crippen LogP contribution in [0.1, 0.15) is 18.1 Å². The lowest BCUT2D eigenvalue weighted by molar-refractivity contribution is -0.141. The molecule has 0 spiro atoms. The van der Waals surface area contributed by atoms with Gasteiger partial charge < -0.3 is 9.47 Å². The molecule has 0 bridgehead atoms. The van der Waals surface area contributed by atoms with Crippen LogP contribution in [-0.4, -0.2) is 11.9 Å². The molecule has 122 valence electrons. The summed E-state index contributed by atoms with van der Waals surface area (Å²) in [6, 6.07) is 18.3. The van der Waals surface area contributed by atoms with Crippen molar-refractivity contribution < 1.29 is 19.1 Å². The van der Waals surface area contributed by atoms with Gasteiger partial charge in [-0.05, 0) is 12.5 Å². The Morgan fingerprint density at radius 2 is 1.58 bits per heavy atom. The van der Waals surface area contributed by atoms with E-state index in [1.165, 1.54) is 6.92 Å². The van der Waals surface area contributed by atoms with Gasteiger partial charge in [0.05, 0.1) is 0 Å². The number of rotatable bonds is 6. The maximum Gasteiger partial charge on any atom is 0.336 e. The normalized spacial score (nSPS) is 10.8. The number of carbonyl (C=O) groups is 2. The molecule has 0 aliphatic heterocycles. The first-order valence-corrected chi connectivity index (χ1v) is 7.42. The van der Waals surface area contributed by atoms with Gasteiger partial charge in [-0.15, -0.1) is 0 Å². The first kappa shape index (κ1) is 17.2. The number of benzene rings is 2. The molecular formula is C20H18O4. The molecule has 2 rings (SSSR count). The summed E-state index contributed by atoms with van der Waals surface area (Å²) >= 11 is 0. The van der Waals surface area contributed by atoms with Crippen LogP contribution in [0.15, 0.2) is 78.9 Å². The Morgan fingerprint density at radius 1 is 1.00 bits per heavy atom. The highest BCUT2D eigenvalue weighted by Gasteiger charge is 2.11. The van der Waals surface area contributed by atoms with Crippen LogP contribution in [-0.2, 0) is 25.7 Å². The Bertz CT molecular complexity index is 746. The molecule has 2 aromatic carbocycles. The third kappa shape index (κ3) is 5.25. The van der Waals surface area contributed by atoms with E-state index in [0.29, 0.717) is 5.56 Å². The second-order valence-corrected chi connectivity index (χ2v) is 5.10. The Morgan fingerprint density at radius 3 is 2.21 bits per heavy atom. The minimum Gasteiger partial charge on any atom is -0.457 e. The summed E-state index contributed by atoms with van der Waals surface area (Å²) in [5, 5.41) is 0. The average molecular weight is 322 g/mol. The summed E-state index contributed by atoms with van der Waals surface area (Å²) in [5.41, 5.74) is 1.74. The fourth-order valence-electron chi connectivity index (χ4n) is 1.91. The molecule has 4 heteroatoms. The van der Waals surface area contributed by atoms with Crippen LogP contribution < -0.4 is 0 Å². The van der Waals surface area contributed by atoms with Crippen LogP contribution in [0.2, 0.25) is 0 Å². The van der Waals surface area contributed by atoms with Crippen molar-refractivity contribution in [3.63, 3.8) is 0 Å². The number of carbonyl (C=O) groups excluding carboxylic acids is 2. The van der Waals surface area contributed by atoms with Crippen molar-refractivity contribution in [2.75, 3.05) is 0 Å². The molecule has 0 fully saturated rings. The number of hydrogen-bond donors (Lipinski definition) is 0. The van der Waals surface area contributed by atoms with Crippen molar-refractivity contribution in [3.05, 3.63) is 90.0 Å². The number of hydrogen-bond acceptors (Lipinski definition) is 4. The highest BCUT2D eigenvalue weighted by Crippen LogP contribution is 2.14. The summed E-state index contributed by atoms with van der Waals surface area (Å²) in [6.07, 6.45) is 1.10. The highest BCUT2D eigenvalue weighted by molar-refractivity contribution is 5.97. The van der Waals surface area contributed by atoms with E-state index in [1.807, 2.05) is 48.5 Å². The van der Waals surface area contributed by atoms with Gasteiger partial charge in [-0.1, -0.05) is 67.2 Å². The predicted octanol–water partition coefficient (Wildman–Crippen LogP) is 3.89. The quantitative estimate of drug-likeness (QED) is 0.460. The number of esters is 2. The third-order valence-corrected chi connectivity index (χ3v) is 3.19. The molecule has 0 amide bonds. The van der Waals surface area contributed by atoms with Gasteiger partial charge in [-0.3, -0.25) is 0 Å². The van der Waals surface area contributed by atoms with Gasteiger partial charge >= 0.3 is 11.9 Å². The first-order valence-electron chi connectivity index (χ1n) is 7.42. The third-order valence-electron chi connectivity index (χ3n) is 3.19. The summed E-state index contributed by atoms with van der Waals surface area (Å²) < 4.78 is 10.2. The second kappa shape index (κ2) is 8.48. The topological polar surface area (TPSA) is 52.6 Å². The lowest BCUT2D eigenvalue weighted by atomic mass is 10.2. The monoisotopic (exact) mass is 322 g/mol. The van der Waals surface area contributed by atoms with Crippen LogP contribution in [0.25, 0.3) is 5.76 Å². The minimum atomic E-state index is -0.669. The van der Waals surface area contributed by atoms with Gasteiger partial charge in [0.25, 0.3) is 0 Å². The van der Waals surface area contributed by atoms with Crippen molar-refractivity contribution in [2.24, 2.45) is 0 Å². The average Bonchev–Trinajstić information content (AvgIpc) is 2.61. The van der Waals surface area contributed by atoms with Gasteiger partial charge in [-0.2, -0.15) is 0 Å². The zero-order chi connectivity index (χ0) is 17.4. The molecule has 0 aliphatic rings. The summed E-state index contributed by atoms with van der Waals surface area (Å²) in [5.74, 6) is -1.01. The second-order valence-electron chi connectivity index (χ2n) is 5.10. The molecule has 0 saturated carbocycles. The van der Waals surface area contributed by atoms with Crippen LogP contribution in [0.5, 0.6) is 0 Å². The molecular weight excluding hydrogens is 304 g/mol. The lowest BCUT2D eigenvalue weighted by Crippen LogP contribution is -2.09. The minimum absolute atomic E-state index is 0.149. The standard InChI is InChI=1S/C20H18O4/c1-15(20(22)23-14-17-9-5-3-6-10-17)13-19(21)24-16(2)18-11-7-4-8-12-18/h3-13H,2,14H2,1H3/b15-13+. The van der Waals surface area contributed by atoms with Crippen LogP contribution >= 0.6 is 0 Å². The van der Waals surface area contributed by atoms with E-state index in [-0.39, 0.29) is 17.9 Å². The molecule has 0 heterocycles. The molecule has 0 atom stereocenters. The Kier molecular flexibility index (Phi) is 6.08. The van der Waals surface area contributed by atoms with Crippen LogP contribution in [0, 0.1) is 0 Å². The summed E-state index contributed by atoms with van der Waals surface area (Å²) in [6.45, 7) is 5.35. The van der Waals surface area contributed by atoms with Crippen LogP contribution in [0.4, 0.5) is 0 Å². The van der Waals surface area contributed by atoms with Crippen molar-refractivity contribution in [1.82, 2.24) is 0 Å². The SMILES string of the molecule is C=C(OC(=O)/C=C(\C)C(=O)OCc1ccccc1)c1ccccc1. The van der Waals surface area contributed by atoms with E-state index in [0.717, 1.165) is 11.6 Å². The summed E-state index contributed by atoms with van der Waals surface area (Å²) in [4.78, 5) is 23.7. The molecule has 24 heavy (non-hydrogen) atoms. The van der Waals surface area contributed by atoms with Crippen LogP contribution in [0.3, 0.4) is 0 Å². The first-order chi connectivity index (χ1) is 11.6. The van der Waals surface area contributed by atoms with Gasteiger partial charge in [0.1, 0.15) is 12.4 Å². The van der Waals surface area contributed by atoms with Crippen molar-refractivity contribution >= 4 is 17.7 Å². The maximum atomic E-state index is 11.9. The lowest BCUT2D eigenvalue weighted by Gasteiger charge is -2.07. The molecule has 0 unspecified atom stereocenters. The van der Waals surface area contributed by atoms with E-state index < -0.39 is 11.9 Å². The fraction of sp³-hybridized carbons (Fsp3) is 0.100. The zero-order valence-electron chi connectivity index (χ0n) is 13.4. The molecule has 0 saturated heterocycles. The van der Waals surface area contributed by atoms with Crippen molar-refractivity contribution in [3.8, 4) is 0 Å². The van der Waals surface area contributed by atoms with E-state index in [2.05, 4.69) is 6.58 Å². The largest absolute Gasteiger partial charge is 0.457 e. The Labute approximate surface area is 141 Å².